The van der Waals surface area contributed by atoms with Crippen LogP contribution in [-0.4, -0.2) is 15.0 Å². The third kappa shape index (κ3) is 2.13. The summed E-state index contributed by atoms with van der Waals surface area (Å²) in [4.78, 5) is 12.4. The molecule has 0 spiro atoms. The molecule has 4 nitrogen and oxygen atoms in total. The summed E-state index contributed by atoms with van der Waals surface area (Å²) in [7, 11) is 0. The van der Waals surface area contributed by atoms with Gasteiger partial charge in [0, 0.05) is 18.1 Å². The molecule has 0 bridgehead atoms. The van der Waals surface area contributed by atoms with Crippen LogP contribution >= 0.6 is 0 Å². The van der Waals surface area contributed by atoms with E-state index in [4.69, 9.17) is 0 Å². The van der Waals surface area contributed by atoms with Crippen molar-refractivity contribution in [3.63, 3.8) is 0 Å². The third-order valence-electron chi connectivity index (χ3n) is 2.76. The molecule has 2 aromatic heterocycles. The zero-order valence-electron chi connectivity index (χ0n) is 9.74. The van der Waals surface area contributed by atoms with Crippen molar-refractivity contribution >= 4 is 16.6 Å². The molecule has 2 heterocycles. The van der Waals surface area contributed by atoms with Gasteiger partial charge >= 0.3 is 0 Å². The number of rotatable bonds is 3. The van der Waals surface area contributed by atoms with Gasteiger partial charge in [-0.3, -0.25) is 4.98 Å². The van der Waals surface area contributed by atoms with Crippen molar-refractivity contribution in [3.8, 4) is 0 Å². The lowest BCUT2D eigenvalue weighted by Crippen LogP contribution is -2.01. The Kier molecular flexibility index (Phi) is 2.84. The van der Waals surface area contributed by atoms with Gasteiger partial charge in [-0.15, -0.1) is 0 Å². The van der Waals surface area contributed by atoms with Crippen molar-refractivity contribution in [3.05, 3.63) is 60.8 Å². The van der Waals surface area contributed by atoms with Gasteiger partial charge in [-0.25, -0.2) is 9.97 Å². The molecule has 3 rings (SSSR count). The van der Waals surface area contributed by atoms with Crippen LogP contribution in [0.4, 0.5) is 5.69 Å². The molecule has 0 aliphatic rings. The minimum atomic E-state index is 0.710. The Morgan fingerprint density at radius 1 is 1.00 bits per heavy atom. The normalized spacial score (nSPS) is 10.4. The number of hydrogen-bond acceptors (Lipinski definition) is 4. The average molecular weight is 236 g/mol. The first-order chi connectivity index (χ1) is 8.93. The molecule has 0 aliphatic carbocycles. The first kappa shape index (κ1) is 10.7. The van der Waals surface area contributed by atoms with Gasteiger partial charge in [0.1, 0.15) is 6.33 Å². The summed E-state index contributed by atoms with van der Waals surface area (Å²) in [6.07, 6.45) is 6.85. The molecule has 0 radical (unpaired) electrons. The van der Waals surface area contributed by atoms with Crippen molar-refractivity contribution in [2.75, 3.05) is 5.32 Å². The summed E-state index contributed by atoms with van der Waals surface area (Å²) < 4.78 is 0. The van der Waals surface area contributed by atoms with Gasteiger partial charge in [0.15, 0.2) is 0 Å². The lowest BCUT2D eigenvalue weighted by Gasteiger charge is -2.07. The van der Waals surface area contributed by atoms with E-state index in [0.29, 0.717) is 6.54 Å². The highest BCUT2D eigenvalue weighted by Gasteiger charge is 2.01. The lowest BCUT2D eigenvalue weighted by atomic mass is 10.1. The maximum absolute atomic E-state index is 4.42. The first-order valence-electron chi connectivity index (χ1n) is 5.75. The number of fused-ring (bicyclic) bond motifs is 1. The van der Waals surface area contributed by atoms with Crippen molar-refractivity contribution in [1.82, 2.24) is 15.0 Å². The Balaban J connectivity index is 1.87. The van der Waals surface area contributed by atoms with Crippen molar-refractivity contribution in [2.24, 2.45) is 0 Å². The smallest absolute Gasteiger partial charge is 0.115 e. The molecule has 1 N–H and O–H groups in total. The van der Waals surface area contributed by atoms with E-state index in [9.17, 15) is 0 Å². The van der Waals surface area contributed by atoms with Crippen LogP contribution in [0.25, 0.3) is 10.9 Å². The third-order valence-corrected chi connectivity index (χ3v) is 2.76. The Morgan fingerprint density at radius 2 is 1.83 bits per heavy atom. The highest BCUT2D eigenvalue weighted by atomic mass is 14.9. The van der Waals surface area contributed by atoms with E-state index in [1.807, 2.05) is 18.3 Å². The van der Waals surface area contributed by atoms with Crippen LogP contribution in [0.1, 0.15) is 5.56 Å². The SMILES string of the molecule is c1cnc2c(CNc3cncnc3)cccc2c1. The number of para-hydroxylation sites is 1. The second-order valence-electron chi connectivity index (χ2n) is 3.97. The van der Waals surface area contributed by atoms with E-state index in [1.165, 1.54) is 6.33 Å². The van der Waals surface area contributed by atoms with E-state index in [1.54, 1.807) is 12.4 Å². The van der Waals surface area contributed by atoms with Crippen molar-refractivity contribution in [2.45, 2.75) is 6.54 Å². The van der Waals surface area contributed by atoms with Gasteiger partial charge in [0.05, 0.1) is 23.6 Å². The van der Waals surface area contributed by atoms with Crippen molar-refractivity contribution in [1.29, 1.82) is 0 Å². The minimum Gasteiger partial charge on any atom is -0.378 e. The molecule has 0 atom stereocenters. The molecule has 18 heavy (non-hydrogen) atoms. The molecule has 88 valence electrons. The molecular formula is C14H12N4. The van der Waals surface area contributed by atoms with Crippen LogP contribution in [0, 0.1) is 0 Å². The van der Waals surface area contributed by atoms with Crippen LogP contribution in [0.3, 0.4) is 0 Å². The van der Waals surface area contributed by atoms with Crippen LogP contribution in [0.5, 0.6) is 0 Å². The zero-order valence-corrected chi connectivity index (χ0v) is 9.74. The molecule has 0 unspecified atom stereocenters. The highest BCUT2D eigenvalue weighted by molar-refractivity contribution is 5.81. The Labute approximate surface area is 105 Å². The van der Waals surface area contributed by atoms with Gasteiger partial charge < -0.3 is 5.32 Å². The van der Waals surface area contributed by atoms with E-state index >= 15 is 0 Å². The maximum Gasteiger partial charge on any atom is 0.115 e. The molecule has 0 fully saturated rings. The molecule has 0 amide bonds. The molecule has 0 aliphatic heterocycles. The Morgan fingerprint density at radius 3 is 2.72 bits per heavy atom. The van der Waals surface area contributed by atoms with Gasteiger partial charge in [0.25, 0.3) is 0 Å². The molecule has 1 aromatic carbocycles. The summed E-state index contributed by atoms with van der Waals surface area (Å²) in [5.41, 5.74) is 3.10. The molecule has 0 saturated heterocycles. The van der Waals surface area contributed by atoms with Crippen molar-refractivity contribution < 1.29 is 0 Å². The second-order valence-corrected chi connectivity index (χ2v) is 3.97. The Hall–Kier alpha value is -2.49. The molecule has 3 aromatic rings. The van der Waals surface area contributed by atoms with Crippen LogP contribution in [0.2, 0.25) is 0 Å². The average Bonchev–Trinajstić information content (AvgIpc) is 2.46. The summed E-state index contributed by atoms with van der Waals surface area (Å²) in [5, 5.41) is 4.44. The number of pyridine rings is 1. The summed E-state index contributed by atoms with van der Waals surface area (Å²) in [6, 6.07) is 10.2. The standard InChI is InChI=1S/C14H12N4/c1-3-11-5-2-6-17-14(11)12(4-1)7-18-13-8-15-10-16-9-13/h1-6,8-10,18H,7H2. The zero-order chi connectivity index (χ0) is 12.2. The van der Waals surface area contributed by atoms with Crippen LogP contribution in [0.15, 0.2) is 55.2 Å². The fourth-order valence-electron chi connectivity index (χ4n) is 1.90. The van der Waals surface area contributed by atoms with Crippen LogP contribution < -0.4 is 5.32 Å². The number of aromatic nitrogens is 3. The monoisotopic (exact) mass is 236 g/mol. The largest absolute Gasteiger partial charge is 0.378 e. The fraction of sp³-hybridized carbons (Fsp3) is 0.0714. The lowest BCUT2D eigenvalue weighted by molar-refractivity contribution is 1.10. The van der Waals surface area contributed by atoms with E-state index < -0.39 is 0 Å². The number of nitrogens with zero attached hydrogens (tertiary/aromatic N) is 3. The number of nitrogens with one attached hydrogen (secondary N) is 1. The van der Waals surface area contributed by atoms with E-state index in [0.717, 1.165) is 22.2 Å². The van der Waals surface area contributed by atoms with Gasteiger partial charge in [-0.05, 0) is 11.6 Å². The molecule has 4 heteroatoms. The quantitative estimate of drug-likeness (QED) is 0.759. The predicted molar refractivity (Wildman–Crippen MR) is 71.1 cm³/mol. The van der Waals surface area contributed by atoms with Gasteiger partial charge in [-0.2, -0.15) is 0 Å². The number of anilines is 1. The summed E-state index contributed by atoms with van der Waals surface area (Å²) in [6.45, 7) is 0.710. The van der Waals surface area contributed by atoms with E-state index in [2.05, 4.69) is 38.5 Å². The van der Waals surface area contributed by atoms with Crippen LogP contribution in [-0.2, 0) is 6.54 Å². The first-order valence-corrected chi connectivity index (χ1v) is 5.75. The van der Waals surface area contributed by atoms with Gasteiger partial charge in [0.2, 0.25) is 0 Å². The predicted octanol–water partition coefficient (Wildman–Crippen LogP) is 2.64. The summed E-state index contributed by atoms with van der Waals surface area (Å²) >= 11 is 0. The summed E-state index contributed by atoms with van der Waals surface area (Å²) in [5.74, 6) is 0. The molecule has 0 saturated carbocycles. The number of benzene rings is 1. The maximum atomic E-state index is 4.42. The van der Waals surface area contributed by atoms with E-state index in [-0.39, 0.29) is 0 Å². The fourth-order valence-corrected chi connectivity index (χ4v) is 1.90. The molecular weight excluding hydrogens is 224 g/mol. The highest BCUT2D eigenvalue weighted by Crippen LogP contribution is 2.16. The second kappa shape index (κ2) is 4.79. The van der Waals surface area contributed by atoms with Gasteiger partial charge in [-0.1, -0.05) is 24.3 Å². The number of hydrogen-bond donors (Lipinski definition) is 1. The Bertz CT molecular complexity index is 647. The minimum absolute atomic E-state index is 0.710. The topological polar surface area (TPSA) is 50.7 Å².